The van der Waals surface area contributed by atoms with Gasteiger partial charge >= 0.3 is 4.63 Å². The second kappa shape index (κ2) is 2.26. The SMILES string of the molecule is C[N+](O)=C(Cl)Cl. The Labute approximate surface area is 45.6 Å². The van der Waals surface area contributed by atoms with E-state index in [1.807, 2.05) is 0 Å². The molecule has 0 radical (unpaired) electrons. The van der Waals surface area contributed by atoms with E-state index >= 15 is 0 Å². The number of nitrogens with zero attached hydrogens (tertiary/aromatic N) is 1. The van der Waals surface area contributed by atoms with Crippen molar-refractivity contribution in [2.24, 2.45) is 0 Å². The quantitative estimate of drug-likeness (QED) is 0.223. The molecule has 0 unspecified atom stereocenters. The maximum Gasteiger partial charge on any atom is 0.388 e. The van der Waals surface area contributed by atoms with Crippen molar-refractivity contribution in [2.45, 2.75) is 0 Å². The van der Waals surface area contributed by atoms with Gasteiger partial charge in [0, 0.05) is 23.2 Å². The molecule has 2 nitrogen and oxygen atoms in total. The molecule has 0 fully saturated rings. The summed E-state index contributed by atoms with van der Waals surface area (Å²) >= 11 is 9.94. The van der Waals surface area contributed by atoms with Gasteiger partial charge in [-0.25, -0.2) is 0 Å². The zero-order valence-electron chi connectivity index (χ0n) is 3.15. The first-order chi connectivity index (χ1) is 2.64. The average molecular weight is 129 g/mol. The van der Waals surface area contributed by atoms with Gasteiger partial charge in [0.1, 0.15) is 0 Å². The molecule has 6 heavy (non-hydrogen) atoms. The largest absolute Gasteiger partial charge is 0.388 e. The molecule has 0 heterocycles. The van der Waals surface area contributed by atoms with E-state index in [-0.39, 0.29) is 4.63 Å². The molecule has 1 N–H and O–H groups in total. The highest BCUT2D eigenvalue weighted by molar-refractivity contribution is 6.94. The zero-order valence-corrected chi connectivity index (χ0v) is 4.66. The average Bonchev–Trinajstić information content (AvgIpc) is 1.36. The lowest BCUT2D eigenvalue weighted by molar-refractivity contribution is -0.751. The fourth-order valence-corrected chi connectivity index (χ4v) is 0. The normalized spacial score (nSPS) is 7.83. The topological polar surface area (TPSA) is 23.2 Å². The summed E-state index contributed by atoms with van der Waals surface area (Å²) in [6.07, 6.45) is 0. The molecule has 0 spiro atoms. The van der Waals surface area contributed by atoms with Gasteiger partial charge in [-0.3, -0.25) is 5.21 Å². The molecule has 0 aromatic heterocycles. The number of hydroxylamine groups is 1. The molecule has 0 amide bonds. The zero-order chi connectivity index (χ0) is 5.15. The van der Waals surface area contributed by atoms with E-state index < -0.39 is 0 Å². The highest BCUT2D eigenvalue weighted by Gasteiger charge is 1.95. The van der Waals surface area contributed by atoms with Crippen LogP contribution in [0, 0.1) is 0 Å². The van der Waals surface area contributed by atoms with Crippen molar-refractivity contribution in [2.75, 3.05) is 7.05 Å². The van der Waals surface area contributed by atoms with Crippen LogP contribution in [0.1, 0.15) is 0 Å². The molecule has 0 aliphatic heterocycles. The van der Waals surface area contributed by atoms with Crippen LogP contribution in [-0.4, -0.2) is 21.6 Å². The molecule has 0 saturated heterocycles. The number of hydrogen-bond acceptors (Lipinski definition) is 1. The van der Waals surface area contributed by atoms with Gasteiger partial charge in [-0.05, 0) is 4.74 Å². The molecule has 0 aromatic rings. The van der Waals surface area contributed by atoms with Crippen LogP contribution in [-0.2, 0) is 0 Å². The van der Waals surface area contributed by atoms with Crippen molar-refractivity contribution in [3.05, 3.63) is 0 Å². The minimum Gasteiger partial charge on any atom is -0.289 e. The summed E-state index contributed by atoms with van der Waals surface area (Å²) in [6.45, 7) is 0. The molecular formula is C2H4Cl2NO+. The standard InChI is InChI=1S/C2H4Cl2NO/c1-5(6)2(3)4/h6H,1H3/q+1. The van der Waals surface area contributed by atoms with E-state index in [1.165, 1.54) is 7.05 Å². The number of hydrogen-bond donors (Lipinski definition) is 1. The second-order valence-corrected chi connectivity index (χ2v) is 1.67. The number of rotatable bonds is 0. The molecule has 0 aromatic carbocycles. The molecule has 4 heteroatoms. The lowest BCUT2D eigenvalue weighted by Crippen LogP contribution is -2.00. The maximum absolute atomic E-state index is 8.16. The third-order valence-corrected chi connectivity index (χ3v) is 0.734. The number of halogens is 2. The van der Waals surface area contributed by atoms with Gasteiger partial charge in [-0.1, -0.05) is 0 Å². The van der Waals surface area contributed by atoms with Crippen molar-refractivity contribution in [3.63, 3.8) is 0 Å². The Balaban J connectivity index is 3.68. The van der Waals surface area contributed by atoms with E-state index in [1.54, 1.807) is 0 Å². The van der Waals surface area contributed by atoms with Gasteiger partial charge < -0.3 is 0 Å². The van der Waals surface area contributed by atoms with Crippen LogP contribution in [0.2, 0.25) is 0 Å². The van der Waals surface area contributed by atoms with Crippen molar-refractivity contribution < 1.29 is 9.95 Å². The van der Waals surface area contributed by atoms with Gasteiger partial charge in [0.2, 0.25) is 0 Å². The van der Waals surface area contributed by atoms with Crippen LogP contribution in [0.5, 0.6) is 0 Å². The fourth-order valence-electron chi connectivity index (χ4n) is 0. The Hall–Kier alpha value is 0.0500. The Morgan fingerprint density at radius 1 is 1.67 bits per heavy atom. The smallest absolute Gasteiger partial charge is 0.289 e. The first-order valence-electron chi connectivity index (χ1n) is 1.25. The van der Waals surface area contributed by atoms with E-state index in [4.69, 9.17) is 28.4 Å². The lowest BCUT2D eigenvalue weighted by atomic mass is 11.4. The van der Waals surface area contributed by atoms with Crippen molar-refractivity contribution in [1.82, 2.24) is 0 Å². The van der Waals surface area contributed by atoms with Crippen LogP contribution in [0.4, 0.5) is 0 Å². The predicted molar refractivity (Wildman–Crippen MR) is 24.7 cm³/mol. The van der Waals surface area contributed by atoms with Gasteiger partial charge in [0.25, 0.3) is 0 Å². The predicted octanol–water partition coefficient (Wildman–Crippen LogP) is 0.851. The summed E-state index contributed by atoms with van der Waals surface area (Å²) in [5.74, 6) is 0. The highest BCUT2D eigenvalue weighted by atomic mass is 35.5. The molecule has 0 bridgehead atoms. The van der Waals surface area contributed by atoms with Crippen LogP contribution in [0.25, 0.3) is 0 Å². The minimum atomic E-state index is -0.157. The summed E-state index contributed by atoms with van der Waals surface area (Å²) in [5.41, 5.74) is 0. The summed E-state index contributed by atoms with van der Waals surface area (Å²) in [6, 6.07) is 0. The van der Waals surface area contributed by atoms with Gasteiger partial charge in [0.05, 0.1) is 0 Å². The Morgan fingerprint density at radius 3 is 1.83 bits per heavy atom. The van der Waals surface area contributed by atoms with Crippen molar-refractivity contribution in [1.29, 1.82) is 0 Å². The molecule has 0 saturated carbocycles. The Kier molecular flexibility index (Phi) is 2.28. The second-order valence-electron chi connectivity index (χ2n) is 0.764. The summed E-state index contributed by atoms with van der Waals surface area (Å²) in [5, 5.41) is 8.16. The molecule has 0 aliphatic carbocycles. The van der Waals surface area contributed by atoms with Crippen molar-refractivity contribution >= 4 is 27.8 Å². The Bertz CT molecular complexity index is 61.6. The van der Waals surface area contributed by atoms with Crippen LogP contribution in [0.15, 0.2) is 0 Å². The first-order valence-corrected chi connectivity index (χ1v) is 2.00. The third kappa shape index (κ3) is 2.30. The first kappa shape index (κ1) is 6.05. The molecule has 0 rings (SSSR count). The van der Waals surface area contributed by atoms with Gasteiger partial charge in [-0.2, -0.15) is 0 Å². The monoisotopic (exact) mass is 128 g/mol. The van der Waals surface area contributed by atoms with E-state index in [0.29, 0.717) is 4.74 Å². The maximum atomic E-state index is 8.16. The lowest BCUT2D eigenvalue weighted by Gasteiger charge is -1.73. The summed E-state index contributed by atoms with van der Waals surface area (Å²) in [7, 11) is 1.33. The van der Waals surface area contributed by atoms with Crippen LogP contribution < -0.4 is 0 Å². The molecule has 0 aliphatic rings. The van der Waals surface area contributed by atoms with Gasteiger partial charge in [0.15, 0.2) is 7.05 Å². The van der Waals surface area contributed by atoms with Gasteiger partial charge in [-0.15, -0.1) is 0 Å². The summed E-state index contributed by atoms with van der Waals surface area (Å²) in [4.78, 5) is 0. The third-order valence-electron chi connectivity index (χ3n) is 0.245. The molecule has 0 atom stereocenters. The van der Waals surface area contributed by atoms with Crippen molar-refractivity contribution in [3.8, 4) is 0 Å². The van der Waals surface area contributed by atoms with Crippen LogP contribution >= 0.6 is 23.2 Å². The van der Waals surface area contributed by atoms with Crippen LogP contribution in [0.3, 0.4) is 0 Å². The molecule has 36 valence electrons. The Morgan fingerprint density at radius 2 is 1.83 bits per heavy atom. The van der Waals surface area contributed by atoms with E-state index in [0.717, 1.165) is 0 Å². The molecular weight excluding hydrogens is 125 g/mol. The summed E-state index contributed by atoms with van der Waals surface area (Å²) < 4.78 is 0.457. The fraction of sp³-hybridized carbons (Fsp3) is 0.500. The highest BCUT2D eigenvalue weighted by Crippen LogP contribution is 1.85. The van der Waals surface area contributed by atoms with E-state index in [2.05, 4.69) is 0 Å². The minimum absolute atomic E-state index is 0.157. The van der Waals surface area contributed by atoms with E-state index in [9.17, 15) is 0 Å².